The quantitative estimate of drug-likeness (QED) is 0.821. The predicted octanol–water partition coefficient (Wildman–Crippen LogP) is 2.95. The molecule has 0 unspecified atom stereocenters. The third-order valence-electron chi connectivity index (χ3n) is 4.81. The molecule has 2 aromatic carbocycles. The molecule has 0 saturated carbocycles. The molecule has 0 heterocycles. The number of allylic oxidation sites excluding steroid dienone is 4. The lowest BCUT2D eigenvalue weighted by Gasteiger charge is -2.25. The van der Waals surface area contributed by atoms with E-state index < -0.39 is 23.1 Å². The number of benzene rings is 2. The van der Waals surface area contributed by atoms with Crippen LogP contribution in [0, 0.1) is 0 Å². The van der Waals surface area contributed by atoms with Crippen molar-refractivity contribution in [2.75, 3.05) is 14.2 Å². The van der Waals surface area contributed by atoms with Crippen LogP contribution in [-0.4, -0.2) is 37.4 Å². The maximum Gasteiger partial charge on any atom is 0.229 e. The molecule has 2 aliphatic carbocycles. The lowest BCUT2D eigenvalue weighted by atomic mass is 9.78. The molecule has 6 heteroatoms. The highest BCUT2D eigenvalue weighted by atomic mass is 16.5. The van der Waals surface area contributed by atoms with Crippen molar-refractivity contribution in [1.29, 1.82) is 0 Å². The molecule has 0 bridgehead atoms. The molecule has 0 atom stereocenters. The molecular weight excluding hydrogens is 360 g/mol. The zero-order valence-corrected chi connectivity index (χ0v) is 15.1. The number of hydrogen-bond donors (Lipinski definition) is 0. The van der Waals surface area contributed by atoms with Gasteiger partial charge in [0, 0.05) is 22.3 Å². The molecule has 0 fully saturated rings. The van der Waals surface area contributed by atoms with Gasteiger partial charge in [0.05, 0.1) is 25.4 Å². The summed E-state index contributed by atoms with van der Waals surface area (Å²) in [6.45, 7) is 0. The molecule has 2 aliphatic rings. The van der Waals surface area contributed by atoms with Crippen LogP contribution in [-0.2, 0) is 9.47 Å². The lowest BCUT2D eigenvalue weighted by Crippen LogP contribution is -2.31. The van der Waals surface area contributed by atoms with Gasteiger partial charge in [-0.2, -0.15) is 0 Å². The Kier molecular flexibility index (Phi) is 4.04. The second-order valence-corrected chi connectivity index (χ2v) is 6.22. The summed E-state index contributed by atoms with van der Waals surface area (Å²) in [5.74, 6) is -2.78. The zero-order valence-electron chi connectivity index (χ0n) is 15.1. The van der Waals surface area contributed by atoms with E-state index in [0.717, 1.165) is 0 Å². The number of Topliss-reactive ketones (excluding diaryl/α,β-unsaturated/α-hetero) is 4. The number of carbonyl (C=O) groups excluding carboxylic acids is 4. The summed E-state index contributed by atoms with van der Waals surface area (Å²) in [6, 6.07) is 12.5. The maximum atomic E-state index is 13.2. The molecule has 2 aromatic rings. The van der Waals surface area contributed by atoms with Crippen LogP contribution in [0.25, 0.3) is 0 Å². The summed E-state index contributed by atoms with van der Waals surface area (Å²) in [6.07, 6.45) is 0. The van der Waals surface area contributed by atoms with Gasteiger partial charge in [-0.25, -0.2) is 0 Å². The van der Waals surface area contributed by atoms with Gasteiger partial charge >= 0.3 is 0 Å². The third kappa shape index (κ3) is 2.28. The minimum absolute atomic E-state index is 0.144. The van der Waals surface area contributed by atoms with Crippen LogP contribution < -0.4 is 0 Å². The van der Waals surface area contributed by atoms with Crippen LogP contribution in [0.1, 0.15) is 41.4 Å². The van der Waals surface area contributed by atoms with Crippen molar-refractivity contribution in [1.82, 2.24) is 0 Å². The van der Waals surface area contributed by atoms with E-state index in [1.54, 1.807) is 24.3 Å². The summed E-state index contributed by atoms with van der Waals surface area (Å²) in [5.41, 5.74) is 0.146. The van der Waals surface area contributed by atoms with Crippen LogP contribution in [0.3, 0.4) is 0 Å². The minimum atomic E-state index is -0.572. The molecule has 28 heavy (non-hydrogen) atoms. The highest BCUT2D eigenvalue weighted by molar-refractivity contribution is 6.36. The lowest BCUT2D eigenvalue weighted by molar-refractivity contribution is 0.0881. The second kappa shape index (κ2) is 6.42. The third-order valence-corrected chi connectivity index (χ3v) is 4.81. The van der Waals surface area contributed by atoms with Crippen molar-refractivity contribution in [3.05, 3.63) is 93.4 Å². The smallest absolute Gasteiger partial charge is 0.229 e. The van der Waals surface area contributed by atoms with Crippen LogP contribution in [0.4, 0.5) is 0 Å². The van der Waals surface area contributed by atoms with Gasteiger partial charge in [-0.1, -0.05) is 48.5 Å². The van der Waals surface area contributed by atoms with E-state index in [-0.39, 0.29) is 44.9 Å². The fourth-order valence-electron chi connectivity index (χ4n) is 3.55. The fourth-order valence-corrected chi connectivity index (χ4v) is 3.55. The number of ketones is 4. The van der Waals surface area contributed by atoms with E-state index >= 15 is 0 Å². The number of methoxy groups -OCH3 is 2. The van der Waals surface area contributed by atoms with Crippen LogP contribution in [0.2, 0.25) is 0 Å². The number of hydrogen-bond acceptors (Lipinski definition) is 6. The highest BCUT2D eigenvalue weighted by Crippen LogP contribution is 2.37. The average Bonchev–Trinajstić information content (AvgIpc) is 2.73. The van der Waals surface area contributed by atoms with E-state index in [2.05, 4.69) is 0 Å². The number of rotatable bonds is 3. The Bertz CT molecular complexity index is 1060. The molecule has 6 nitrogen and oxygen atoms in total. The van der Waals surface area contributed by atoms with Crippen molar-refractivity contribution in [2.45, 2.75) is 0 Å². The van der Waals surface area contributed by atoms with E-state index in [4.69, 9.17) is 9.47 Å². The Morgan fingerprint density at radius 3 is 1.07 bits per heavy atom. The first-order valence-corrected chi connectivity index (χ1v) is 8.45. The summed E-state index contributed by atoms with van der Waals surface area (Å²) in [5, 5.41) is 0. The Morgan fingerprint density at radius 2 is 0.786 bits per heavy atom. The van der Waals surface area contributed by atoms with Crippen molar-refractivity contribution < 1.29 is 28.7 Å². The van der Waals surface area contributed by atoms with Crippen molar-refractivity contribution in [3.63, 3.8) is 0 Å². The Morgan fingerprint density at radius 1 is 0.500 bits per heavy atom. The summed E-state index contributed by atoms with van der Waals surface area (Å²) in [7, 11) is 2.48. The van der Waals surface area contributed by atoms with Crippen molar-refractivity contribution in [2.24, 2.45) is 0 Å². The first kappa shape index (κ1) is 17.6. The Balaban J connectivity index is 2.04. The van der Waals surface area contributed by atoms with Crippen molar-refractivity contribution in [3.8, 4) is 0 Å². The molecular formula is C22H14O6. The molecule has 138 valence electrons. The second-order valence-electron chi connectivity index (χ2n) is 6.22. The zero-order chi connectivity index (χ0) is 20.0. The van der Waals surface area contributed by atoms with Gasteiger partial charge in [0.1, 0.15) is 0 Å². The first-order chi connectivity index (χ1) is 13.5. The van der Waals surface area contributed by atoms with E-state index in [1.165, 1.54) is 38.5 Å². The summed E-state index contributed by atoms with van der Waals surface area (Å²) >= 11 is 0. The van der Waals surface area contributed by atoms with Gasteiger partial charge in [-0.3, -0.25) is 19.2 Å². The topological polar surface area (TPSA) is 86.7 Å². The Hall–Kier alpha value is -3.80. The van der Waals surface area contributed by atoms with E-state index in [0.29, 0.717) is 0 Å². The van der Waals surface area contributed by atoms with Gasteiger partial charge in [-0.05, 0) is 0 Å². The average molecular weight is 374 g/mol. The monoisotopic (exact) mass is 374 g/mol. The maximum absolute atomic E-state index is 13.2. The van der Waals surface area contributed by atoms with Crippen LogP contribution in [0.15, 0.2) is 71.2 Å². The molecule has 0 aromatic heterocycles. The first-order valence-electron chi connectivity index (χ1n) is 8.45. The molecule has 0 radical (unpaired) electrons. The molecule has 0 amide bonds. The van der Waals surface area contributed by atoms with Gasteiger partial charge in [0.2, 0.25) is 11.6 Å². The van der Waals surface area contributed by atoms with Crippen LogP contribution >= 0.6 is 0 Å². The van der Waals surface area contributed by atoms with E-state index in [1.807, 2.05) is 0 Å². The number of carbonyl (C=O) groups is 4. The fraction of sp³-hybridized carbons (Fsp3) is 0.0909. The summed E-state index contributed by atoms with van der Waals surface area (Å²) < 4.78 is 10.4. The molecule has 4 rings (SSSR count). The number of ether oxygens (including phenoxy) is 2. The summed E-state index contributed by atoms with van der Waals surface area (Å²) in [4.78, 5) is 52.2. The highest BCUT2D eigenvalue weighted by Gasteiger charge is 2.42. The number of fused-ring (bicyclic) bond motifs is 2. The van der Waals surface area contributed by atoms with Gasteiger partial charge < -0.3 is 9.47 Å². The SMILES string of the molecule is COC1=C(C2=C(OC)C(=O)c3ccccc3C2=O)C(=O)c2ccccc2C1=O. The van der Waals surface area contributed by atoms with Crippen LogP contribution in [0.5, 0.6) is 0 Å². The molecule has 0 N–H and O–H groups in total. The molecule has 0 spiro atoms. The van der Waals surface area contributed by atoms with E-state index in [9.17, 15) is 19.2 Å². The van der Waals surface area contributed by atoms with Gasteiger partial charge in [0.25, 0.3) is 0 Å². The standard InChI is InChI=1S/C22H14O6/c1-27-21-15(17(23)11-7-3-5-9-13(11)19(21)25)16-18(24)12-8-4-6-10-14(12)20(26)22(16)28-2/h3-10H,1-2H3. The predicted molar refractivity (Wildman–Crippen MR) is 98.3 cm³/mol. The van der Waals surface area contributed by atoms with Gasteiger partial charge in [0.15, 0.2) is 23.1 Å². The van der Waals surface area contributed by atoms with Gasteiger partial charge in [-0.15, -0.1) is 0 Å². The Labute approximate surface area is 160 Å². The largest absolute Gasteiger partial charge is 0.492 e. The molecule has 0 saturated heterocycles. The van der Waals surface area contributed by atoms with Crippen molar-refractivity contribution >= 4 is 23.1 Å². The minimum Gasteiger partial charge on any atom is -0.492 e. The molecule has 0 aliphatic heterocycles. The normalized spacial score (nSPS) is 16.2.